The third-order valence-corrected chi connectivity index (χ3v) is 4.36. The molecule has 3 atom stereocenters. The van der Waals surface area contributed by atoms with Gasteiger partial charge in [0.15, 0.2) is 0 Å². The van der Waals surface area contributed by atoms with Crippen molar-refractivity contribution in [1.82, 2.24) is 10.6 Å². The van der Waals surface area contributed by atoms with E-state index in [0.717, 1.165) is 11.1 Å². The van der Waals surface area contributed by atoms with Crippen LogP contribution in [0.4, 0.5) is 13.2 Å². The van der Waals surface area contributed by atoms with Crippen molar-refractivity contribution in [3.63, 3.8) is 0 Å². The van der Waals surface area contributed by atoms with E-state index in [2.05, 4.69) is 5.32 Å². The van der Waals surface area contributed by atoms with Crippen LogP contribution in [0.15, 0.2) is 18.2 Å². The zero-order chi connectivity index (χ0) is 17.5. The Morgan fingerprint density at radius 1 is 1.33 bits per heavy atom. The molecule has 3 unspecified atom stereocenters. The van der Waals surface area contributed by atoms with E-state index in [1.165, 1.54) is 0 Å². The Morgan fingerprint density at radius 3 is 2.75 bits per heavy atom. The normalized spacial score (nSPS) is 26.3. The molecule has 0 bridgehead atoms. The molecule has 2 N–H and O–H groups in total. The predicted molar refractivity (Wildman–Crippen MR) is 78.3 cm³/mol. The molecule has 24 heavy (non-hydrogen) atoms. The van der Waals surface area contributed by atoms with E-state index in [9.17, 15) is 22.8 Å². The Morgan fingerprint density at radius 2 is 2.08 bits per heavy atom. The Labute approximate surface area is 136 Å². The Balaban J connectivity index is 1.64. The number of aryl methyl sites for hydroxylation is 1. The van der Waals surface area contributed by atoms with Gasteiger partial charge in [-0.3, -0.25) is 9.59 Å². The summed E-state index contributed by atoms with van der Waals surface area (Å²) in [6, 6.07) is 3.29. The molecule has 2 heterocycles. The number of hydrogen-bond donors (Lipinski definition) is 2. The maximum atomic E-state index is 12.6. The molecule has 5 nitrogen and oxygen atoms in total. The number of fused-ring (bicyclic) bond motifs is 1. The molecule has 130 valence electrons. The summed E-state index contributed by atoms with van der Waals surface area (Å²) >= 11 is 0. The lowest BCUT2D eigenvalue weighted by Gasteiger charge is -2.30. The third kappa shape index (κ3) is 3.18. The van der Waals surface area contributed by atoms with Gasteiger partial charge < -0.3 is 15.4 Å². The Bertz CT molecular complexity index is 675. The van der Waals surface area contributed by atoms with E-state index in [4.69, 9.17) is 4.74 Å². The average Bonchev–Trinajstić information content (AvgIpc) is 2.88. The predicted octanol–water partition coefficient (Wildman–Crippen LogP) is 2.00. The summed E-state index contributed by atoms with van der Waals surface area (Å²) in [4.78, 5) is 24.1. The number of carbonyl (C=O) groups excluding carboxylic acids is 2. The van der Waals surface area contributed by atoms with Gasteiger partial charge in [0, 0.05) is 5.56 Å². The first-order chi connectivity index (χ1) is 11.3. The number of ether oxygens (including phenoxy) is 1. The molecule has 8 heteroatoms. The second-order valence-corrected chi connectivity index (χ2v) is 6.15. The van der Waals surface area contributed by atoms with Crippen LogP contribution in [0.2, 0.25) is 0 Å². The quantitative estimate of drug-likeness (QED) is 0.808. The molecular weight excluding hydrogens is 325 g/mol. The van der Waals surface area contributed by atoms with Crippen LogP contribution in [-0.4, -0.2) is 30.6 Å². The average molecular weight is 342 g/mol. The first-order valence-electron chi connectivity index (χ1n) is 7.66. The number of amides is 2. The van der Waals surface area contributed by atoms with Gasteiger partial charge in [-0.05, 0) is 31.4 Å². The summed E-state index contributed by atoms with van der Waals surface area (Å²) in [5, 5.41) is 4.59. The third-order valence-electron chi connectivity index (χ3n) is 4.36. The smallest absolute Gasteiger partial charge is 0.408 e. The maximum Gasteiger partial charge on any atom is 0.408 e. The fraction of sp³-hybridized carbons (Fsp3) is 0.500. The van der Waals surface area contributed by atoms with Gasteiger partial charge in [-0.1, -0.05) is 12.1 Å². The largest absolute Gasteiger partial charge is 0.491 e. The van der Waals surface area contributed by atoms with Gasteiger partial charge in [-0.25, -0.2) is 0 Å². The lowest BCUT2D eigenvalue weighted by Crippen LogP contribution is -2.54. The Kier molecular flexibility index (Phi) is 4.15. The van der Waals surface area contributed by atoms with Crippen LogP contribution < -0.4 is 15.4 Å². The fourth-order valence-corrected chi connectivity index (χ4v) is 3.01. The number of carbonyl (C=O) groups is 2. The topological polar surface area (TPSA) is 67.4 Å². The number of nitrogens with one attached hydrogen (secondary N) is 2. The minimum absolute atomic E-state index is 0.129. The highest BCUT2D eigenvalue weighted by molar-refractivity contribution is 6.01. The molecule has 2 aliphatic rings. The van der Waals surface area contributed by atoms with E-state index in [1.54, 1.807) is 0 Å². The summed E-state index contributed by atoms with van der Waals surface area (Å²) in [6.45, 7) is 2.16. The highest BCUT2D eigenvalue weighted by Gasteiger charge is 2.46. The van der Waals surface area contributed by atoms with Gasteiger partial charge in [0.2, 0.25) is 11.8 Å². The van der Waals surface area contributed by atoms with Gasteiger partial charge in [0.1, 0.15) is 24.3 Å². The van der Waals surface area contributed by atoms with E-state index >= 15 is 0 Å². The number of hydrogen-bond acceptors (Lipinski definition) is 3. The lowest BCUT2D eigenvalue weighted by molar-refractivity contribution is -0.171. The van der Waals surface area contributed by atoms with Gasteiger partial charge in [0.05, 0.1) is 6.04 Å². The van der Waals surface area contributed by atoms with Crippen LogP contribution >= 0.6 is 0 Å². The summed E-state index contributed by atoms with van der Waals surface area (Å²) in [5.74, 6) is -1.90. The van der Waals surface area contributed by atoms with Crippen molar-refractivity contribution < 1.29 is 27.5 Å². The fourth-order valence-electron chi connectivity index (χ4n) is 3.01. The molecule has 2 aliphatic heterocycles. The molecular formula is C16H17F3N2O3. The molecule has 1 saturated heterocycles. The molecule has 0 saturated carbocycles. The second-order valence-electron chi connectivity index (χ2n) is 6.15. The van der Waals surface area contributed by atoms with Crippen molar-refractivity contribution in [3.05, 3.63) is 29.3 Å². The molecule has 2 amide bonds. The van der Waals surface area contributed by atoms with E-state index in [1.807, 2.05) is 30.4 Å². The second kappa shape index (κ2) is 5.99. The van der Waals surface area contributed by atoms with E-state index in [0.29, 0.717) is 5.75 Å². The van der Waals surface area contributed by atoms with Crippen LogP contribution in [0.1, 0.15) is 30.0 Å². The number of piperidine rings is 1. The zero-order valence-corrected chi connectivity index (χ0v) is 12.9. The van der Waals surface area contributed by atoms with Gasteiger partial charge in [-0.15, -0.1) is 0 Å². The number of benzene rings is 1. The molecule has 3 rings (SSSR count). The molecule has 1 aromatic rings. The monoisotopic (exact) mass is 342 g/mol. The van der Waals surface area contributed by atoms with Crippen LogP contribution in [0.3, 0.4) is 0 Å². The highest BCUT2D eigenvalue weighted by atomic mass is 19.4. The van der Waals surface area contributed by atoms with E-state index < -0.39 is 36.0 Å². The summed E-state index contributed by atoms with van der Waals surface area (Å²) < 4.78 is 43.4. The van der Waals surface area contributed by atoms with Crippen LogP contribution in [0, 0.1) is 12.8 Å². The summed E-state index contributed by atoms with van der Waals surface area (Å²) in [5.41, 5.74) is 1.82. The highest BCUT2D eigenvalue weighted by Crippen LogP contribution is 2.34. The first-order valence-corrected chi connectivity index (χ1v) is 7.66. The number of halogens is 3. The van der Waals surface area contributed by atoms with Crippen molar-refractivity contribution >= 4 is 11.8 Å². The van der Waals surface area contributed by atoms with Crippen LogP contribution in [0.25, 0.3) is 0 Å². The summed E-state index contributed by atoms with van der Waals surface area (Å²) in [6.07, 6.45) is -4.92. The van der Waals surface area contributed by atoms with Gasteiger partial charge in [0.25, 0.3) is 0 Å². The SMILES string of the molecule is Cc1ccc2c(c1)OCC2NC(=O)C1CCC(C(F)(F)F)NC1=O. The molecule has 1 aromatic carbocycles. The molecule has 1 fully saturated rings. The summed E-state index contributed by atoms with van der Waals surface area (Å²) in [7, 11) is 0. The van der Waals surface area contributed by atoms with Crippen molar-refractivity contribution in [2.45, 2.75) is 38.0 Å². The molecule has 0 radical (unpaired) electrons. The maximum absolute atomic E-state index is 12.6. The lowest BCUT2D eigenvalue weighted by atomic mass is 9.92. The molecule has 0 aliphatic carbocycles. The standard InChI is InChI=1S/C16H17F3N2O3/c1-8-2-3-9-11(7-24-12(9)6-8)20-14(22)10-4-5-13(16(17,18)19)21-15(10)23/h2-3,6,10-11,13H,4-5,7H2,1H3,(H,20,22)(H,21,23). The van der Waals surface area contributed by atoms with Gasteiger partial charge >= 0.3 is 6.18 Å². The number of alkyl halides is 3. The van der Waals surface area contributed by atoms with E-state index in [-0.39, 0.29) is 19.4 Å². The van der Waals surface area contributed by atoms with Crippen molar-refractivity contribution in [3.8, 4) is 5.75 Å². The van der Waals surface area contributed by atoms with Crippen LogP contribution in [0.5, 0.6) is 5.75 Å². The molecule has 0 spiro atoms. The Hall–Kier alpha value is -2.25. The molecule has 0 aromatic heterocycles. The zero-order valence-electron chi connectivity index (χ0n) is 12.9. The minimum atomic E-state index is -4.49. The first kappa shape index (κ1) is 16.6. The van der Waals surface area contributed by atoms with Crippen molar-refractivity contribution in [1.29, 1.82) is 0 Å². The van der Waals surface area contributed by atoms with Crippen LogP contribution in [-0.2, 0) is 9.59 Å². The number of rotatable bonds is 2. The van der Waals surface area contributed by atoms with Crippen molar-refractivity contribution in [2.75, 3.05) is 6.61 Å². The van der Waals surface area contributed by atoms with Crippen molar-refractivity contribution in [2.24, 2.45) is 5.92 Å². The minimum Gasteiger partial charge on any atom is -0.491 e. The van der Waals surface area contributed by atoms with Gasteiger partial charge in [-0.2, -0.15) is 13.2 Å².